The van der Waals surface area contributed by atoms with Crippen molar-refractivity contribution in [2.75, 3.05) is 26.2 Å². The van der Waals surface area contributed by atoms with E-state index in [0.717, 1.165) is 62.2 Å². The monoisotopic (exact) mass is 356 g/mol. The maximum absolute atomic E-state index is 12.9. The first-order valence-electron chi connectivity index (χ1n) is 9.05. The minimum absolute atomic E-state index is 0.134. The summed E-state index contributed by atoms with van der Waals surface area (Å²) in [6, 6.07) is 11.7. The fourth-order valence-electron chi connectivity index (χ4n) is 3.87. The van der Waals surface area contributed by atoms with Crippen molar-refractivity contribution in [3.63, 3.8) is 0 Å². The zero-order valence-electron chi connectivity index (χ0n) is 14.3. The molecule has 4 nitrogen and oxygen atoms in total. The van der Waals surface area contributed by atoms with Crippen LogP contribution in [0.15, 0.2) is 41.8 Å². The highest BCUT2D eigenvalue weighted by Crippen LogP contribution is 2.28. The number of amides is 1. The molecule has 5 heteroatoms. The van der Waals surface area contributed by atoms with Crippen LogP contribution < -0.4 is 10.1 Å². The molecule has 0 saturated carbocycles. The van der Waals surface area contributed by atoms with Gasteiger partial charge in [0.05, 0.1) is 0 Å². The Bertz CT molecular complexity index is 702. The molecule has 1 amide bonds. The Morgan fingerprint density at radius 1 is 1.16 bits per heavy atom. The van der Waals surface area contributed by atoms with E-state index in [0.29, 0.717) is 6.61 Å². The second-order valence-electron chi connectivity index (χ2n) is 6.94. The number of fused-ring (bicyclic) bond motifs is 1. The lowest BCUT2D eigenvalue weighted by molar-refractivity contribution is 0.0758. The minimum Gasteiger partial charge on any atom is -0.488 e. The third-order valence-electron chi connectivity index (χ3n) is 5.35. The van der Waals surface area contributed by atoms with Gasteiger partial charge in [-0.3, -0.25) is 4.79 Å². The SMILES string of the molecule is O=C(c1cccc(OCc2cccs2)c1)N1CC[C@@H]2CNC[C@@H]2CC1. The van der Waals surface area contributed by atoms with Crippen molar-refractivity contribution >= 4 is 17.2 Å². The molecule has 132 valence electrons. The number of likely N-dealkylation sites (tertiary alicyclic amines) is 1. The molecule has 4 rings (SSSR count). The largest absolute Gasteiger partial charge is 0.488 e. The summed E-state index contributed by atoms with van der Waals surface area (Å²) in [5, 5.41) is 5.53. The third-order valence-corrected chi connectivity index (χ3v) is 6.20. The number of carbonyl (C=O) groups excluding carboxylic acids is 1. The van der Waals surface area contributed by atoms with Gasteiger partial charge in [0.1, 0.15) is 12.4 Å². The van der Waals surface area contributed by atoms with Crippen molar-refractivity contribution < 1.29 is 9.53 Å². The highest BCUT2D eigenvalue weighted by Gasteiger charge is 2.31. The van der Waals surface area contributed by atoms with Gasteiger partial charge in [0.15, 0.2) is 0 Å². The van der Waals surface area contributed by atoms with E-state index in [2.05, 4.69) is 11.4 Å². The van der Waals surface area contributed by atoms with E-state index in [-0.39, 0.29) is 5.91 Å². The quantitative estimate of drug-likeness (QED) is 0.913. The first kappa shape index (κ1) is 16.6. The van der Waals surface area contributed by atoms with Gasteiger partial charge in [-0.2, -0.15) is 0 Å². The first-order chi connectivity index (χ1) is 12.3. The van der Waals surface area contributed by atoms with E-state index < -0.39 is 0 Å². The molecule has 0 radical (unpaired) electrons. The molecule has 2 aromatic rings. The number of hydrogen-bond acceptors (Lipinski definition) is 4. The first-order valence-corrected chi connectivity index (χ1v) is 9.93. The average molecular weight is 356 g/mol. The summed E-state index contributed by atoms with van der Waals surface area (Å²) < 4.78 is 5.85. The Hall–Kier alpha value is -1.85. The summed E-state index contributed by atoms with van der Waals surface area (Å²) in [5.41, 5.74) is 0.730. The van der Waals surface area contributed by atoms with Crippen LogP contribution >= 0.6 is 11.3 Å². The second-order valence-corrected chi connectivity index (χ2v) is 7.98. The number of benzene rings is 1. The molecule has 0 spiro atoms. The molecular weight excluding hydrogens is 332 g/mol. The van der Waals surface area contributed by atoms with Crippen LogP contribution in [0.25, 0.3) is 0 Å². The fraction of sp³-hybridized carbons (Fsp3) is 0.450. The van der Waals surface area contributed by atoms with Gasteiger partial charge >= 0.3 is 0 Å². The zero-order valence-corrected chi connectivity index (χ0v) is 15.1. The summed E-state index contributed by atoms with van der Waals surface area (Å²) in [6.45, 7) is 4.50. The molecule has 2 atom stereocenters. The number of thiophene rings is 1. The van der Waals surface area contributed by atoms with Gasteiger partial charge in [0.25, 0.3) is 5.91 Å². The fourth-order valence-corrected chi connectivity index (χ4v) is 4.49. The van der Waals surface area contributed by atoms with E-state index in [1.165, 1.54) is 4.88 Å². The molecule has 0 aliphatic carbocycles. The summed E-state index contributed by atoms with van der Waals surface area (Å²) >= 11 is 1.68. The van der Waals surface area contributed by atoms with Crippen molar-refractivity contribution in [1.82, 2.24) is 10.2 Å². The number of hydrogen-bond donors (Lipinski definition) is 1. The lowest BCUT2D eigenvalue weighted by Crippen LogP contribution is -2.32. The molecule has 1 N–H and O–H groups in total. The van der Waals surface area contributed by atoms with Gasteiger partial charge in [0, 0.05) is 23.5 Å². The van der Waals surface area contributed by atoms with Gasteiger partial charge in [0.2, 0.25) is 0 Å². The number of nitrogens with one attached hydrogen (secondary N) is 1. The van der Waals surface area contributed by atoms with Crippen molar-refractivity contribution in [2.24, 2.45) is 11.8 Å². The molecular formula is C20H24N2O2S. The lowest BCUT2D eigenvalue weighted by Gasteiger charge is -2.21. The Labute approximate surface area is 152 Å². The van der Waals surface area contributed by atoms with E-state index in [9.17, 15) is 4.79 Å². The van der Waals surface area contributed by atoms with Crippen molar-refractivity contribution in [1.29, 1.82) is 0 Å². The molecule has 1 aromatic heterocycles. The molecule has 1 aromatic carbocycles. The minimum atomic E-state index is 0.134. The highest BCUT2D eigenvalue weighted by molar-refractivity contribution is 7.09. The molecule has 2 saturated heterocycles. The van der Waals surface area contributed by atoms with Gasteiger partial charge in [-0.15, -0.1) is 11.3 Å². The normalized spacial score (nSPS) is 23.1. The van der Waals surface area contributed by atoms with Gasteiger partial charge in [-0.05, 0) is 67.4 Å². The summed E-state index contributed by atoms with van der Waals surface area (Å²) in [6.07, 6.45) is 2.22. The van der Waals surface area contributed by atoms with E-state index in [4.69, 9.17) is 4.74 Å². The van der Waals surface area contributed by atoms with Crippen molar-refractivity contribution in [2.45, 2.75) is 19.4 Å². The van der Waals surface area contributed by atoms with E-state index in [1.54, 1.807) is 11.3 Å². The Balaban J connectivity index is 1.40. The number of nitrogens with zero attached hydrogens (tertiary/aromatic N) is 1. The zero-order chi connectivity index (χ0) is 17.1. The summed E-state index contributed by atoms with van der Waals surface area (Å²) in [5.74, 6) is 2.36. The van der Waals surface area contributed by atoms with Crippen LogP contribution in [0.5, 0.6) is 5.75 Å². The molecule has 3 heterocycles. The number of ether oxygens (including phenoxy) is 1. The maximum Gasteiger partial charge on any atom is 0.253 e. The predicted molar refractivity (Wildman–Crippen MR) is 100 cm³/mol. The molecule has 25 heavy (non-hydrogen) atoms. The van der Waals surface area contributed by atoms with Gasteiger partial charge in [-0.1, -0.05) is 12.1 Å². The van der Waals surface area contributed by atoms with Crippen LogP contribution in [0.4, 0.5) is 0 Å². The average Bonchev–Trinajstić information content (AvgIpc) is 3.28. The van der Waals surface area contributed by atoms with E-state index in [1.807, 2.05) is 40.6 Å². The Morgan fingerprint density at radius 3 is 2.68 bits per heavy atom. The molecule has 0 unspecified atom stereocenters. The second kappa shape index (κ2) is 7.58. The summed E-state index contributed by atoms with van der Waals surface area (Å²) in [7, 11) is 0. The van der Waals surface area contributed by atoms with Crippen LogP contribution in [0.3, 0.4) is 0 Å². The molecule has 2 aliphatic rings. The Morgan fingerprint density at radius 2 is 1.96 bits per heavy atom. The van der Waals surface area contributed by atoms with Gasteiger partial charge < -0.3 is 15.0 Å². The smallest absolute Gasteiger partial charge is 0.253 e. The van der Waals surface area contributed by atoms with Crippen molar-refractivity contribution in [3.05, 3.63) is 52.2 Å². The van der Waals surface area contributed by atoms with Crippen LogP contribution in [0, 0.1) is 11.8 Å². The van der Waals surface area contributed by atoms with Crippen LogP contribution in [-0.4, -0.2) is 37.0 Å². The third kappa shape index (κ3) is 3.88. The Kier molecular flexibility index (Phi) is 5.04. The maximum atomic E-state index is 12.9. The lowest BCUT2D eigenvalue weighted by atomic mass is 9.92. The molecule has 2 fully saturated rings. The van der Waals surface area contributed by atoms with E-state index >= 15 is 0 Å². The predicted octanol–water partition coefficient (Wildman–Crippen LogP) is 3.40. The van der Waals surface area contributed by atoms with Crippen LogP contribution in [-0.2, 0) is 6.61 Å². The van der Waals surface area contributed by atoms with Crippen molar-refractivity contribution in [3.8, 4) is 5.75 Å². The van der Waals surface area contributed by atoms with Crippen LogP contribution in [0.1, 0.15) is 28.1 Å². The summed E-state index contributed by atoms with van der Waals surface area (Å²) in [4.78, 5) is 16.1. The standard InChI is InChI=1S/C20H24N2O2S/c23-20(22-8-6-16-12-21-13-17(16)7-9-22)15-3-1-4-18(11-15)24-14-19-5-2-10-25-19/h1-5,10-11,16-17,21H,6-9,12-14H2/t16-,17+. The topological polar surface area (TPSA) is 41.6 Å². The van der Waals surface area contributed by atoms with Gasteiger partial charge in [-0.25, -0.2) is 0 Å². The molecule has 0 bridgehead atoms. The van der Waals surface area contributed by atoms with Crippen LogP contribution in [0.2, 0.25) is 0 Å². The molecule has 2 aliphatic heterocycles. The highest BCUT2D eigenvalue weighted by atomic mass is 32.1. The number of carbonyl (C=O) groups is 1. The number of rotatable bonds is 4.